The highest BCUT2D eigenvalue weighted by atomic mass is 35.5. The summed E-state index contributed by atoms with van der Waals surface area (Å²) < 4.78 is 40.2. The van der Waals surface area contributed by atoms with E-state index in [2.05, 4.69) is 16.3 Å². The van der Waals surface area contributed by atoms with E-state index in [1.807, 2.05) is 24.3 Å². The minimum Gasteiger partial charge on any atom is -0.440 e. The lowest BCUT2D eigenvalue weighted by Gasteiger charge is -2.41. The zero-order valence-corrected chi connectivity index (χ0v) is 24.1. The first-order chi connectivity index (χ1) is 19.7. The van der Waals surface area contributed by atoms with Gasteiger partial charge in [0.05, 0.1) is 28.2 Å². The molecule has 0 radical (unpaired) electrons. The van der Waals surface area contributed by atoms with Crippen molar-refractivity contribution < 1.29 is 22.7 Å². The molecule has 0 bridgehead atoms. The number of nitrogens with one attached hydrogen (secondary N) is 1. The van der Waals surface area contributed by atoms with Crippen LogP contribution in [-0.4, -0.2) is 50.1 Å². The molecule has 0 spiro atoms. The predicted octanol–water partition coefficient (Wildman–Crippen LogP) is 6.82. The summed E-state index contributed by atoms with van der Waals surface area (Å²) in [6, 6.07) is 14.2. The summed E-state index contributed by atoms with van der Waals surface area (Å²) in [6.07, 6.45) is 4.57. The van der Waals surface area contributed by atoms with Crippen molar-refractivity contribution in [2.45, 2.75) is 50.0 Å². The second-order valence-electron chi connectivity index (χ2n) is 11.3. The molecule has 8 nitrogen and oxygen atoms in total. The fourth-order valence-corrected chi connectivity index (χ4v) is 7.34. The van der Waals surface area contributed by atoms with Gasteiger partial charge in [-0.25, -0.2) is 9.37 Å². The number of carbonyl (C=O) groups is 1. The molecule has 3 N–H and O–H groups in total. The summed E-state index contributed by atoms with van der Waals surface area (Å²) in [5.41, 5.74) is 2.08. The Kier molecular flexibility index (Phi) is 7.49. The zero-order chi connectivity index (χ0) is 28.8. The lowest BCUT2D eigenvalue weighted by atomic mass is 9.76. The predicted molar refractivity (Wildman–Crippen MR) is 158 cm³/mol. The minimum absolute atomic E-state index is 0.135. The Bertz CT molecular complexity index is 1490. The fraction of sp³-hybridized carbons (Fsp3) is 0.433. The van der Waals surface area contributed by atoms with Crippen molar-refractivity contribution in [3.05, 3.63) is 59.1 Å². The maximum absolute atomic E-state index is 13.8. The molecule has 2 aliphatic carbocycles. The summed E-state index contributed by atoms with van der Waals surface area (Å²) in [5, 5.41) is 12.7. The Morgan fingerprint density at radius 1 is 1.15 bits per heavy atom. The van der Waals surface area contributed by atoms with Crippen LogP contribution in [0.25, 0.3) is 22.7 Å². The SMILES string of the molecule is N#CC1(NC(=O)[C@@H]2CCCC[C@H]2c2oc(-c3ccc(F)cc3Cl)nc2-c2ccc(N3CCS(O)(O)CC3)cc2)CC1. The minimum atomic E-state index is -2.49. The third-order valence-corrected chi connectivity index (χ3v) is 10.4. The van der Waals surface area contributed by atoms with Gasteiger partial charge in [0.2, 0.25) is 11.8 Å². The first-order valence-electron chi connectivity index (χ1n) is 14.0. The van der Waals surface area contributed by atoms with Crippen LogP contribution in [0, 0.1) is 23.1 Å². The number of amides is 1. The van der Waals surface area contributed by atoms with Crippen LogP contribution in [0.3, 0.4) is 0 Å². The highest BCUT2D eigenvalue weighted by Gasteiger charge is 2.47. The molecule has 1 aromatic heterocycles. The Hall–Kier alpha value is -3.10. The summed E-state index contributed by atoms with van der Waals surface area (Å²) in [5.74, 6) is 0.322. The molecule has 3 aliphatic rings. The van der Waals surface area contributed by atoms with Crippen molar-refractivity contribution in [2.75, 3.05) is 29.5 Å². The highest BCUT2D eigenvalue weighted by molar-refractivity contribution is 8.24. The van der Waals surface area contributed by atoms with Gasteiger partial charge in [0.15, 0.2) is 0 Å². The molecule has 3 aromatic rings. The summed E-state index contributed by atoms with van der Waals surface area (Å²) in [6.45, 7) is 1.13. The lowest BCUT2D eigenvalue weighted by molar-refractivity contribution is -0.127. The van der Waals surface area contributed by atoms with Gasteiger partial charge in [0.1, 0.15) is 22.8 Å². The number of oxazole rings is 1. The number of hydrogen-bond donors (Lipinski definition) is 3. The number of anilines is 1. The van der Waals surface area contributed by atoms with Crippen LogP contribution >= 0.6 is 22.2 Å². The first kappa shape index (κ1) is 28.0. The standard InChI is InChI=1S/C30H32ClFN4O4S/c31-25-17-20(32)7-10-24(25)29-34-26(19-5-8-21(9-6-19)36-13-15-41(38,39)16-14-36)27(40-29)22-3-1-2-4-23(22)28(37)35-30(18-33)11-12-30/h5-10,17,22-23,38-39H,1-4,11-16H2,(H,35,37)/t22-,23-/m1/s1. The molecule has 1 saturated heterocycles. The van der Waals surface area contributed by atoms with Crippen molar-refractivity contribution in [3.8, 4) is 28.8 Å². The van der Waals surface area contributed by atoms with Crippen LogP contribution in [0.5, 0.6) is 0 Å². The number of nitriles is 1. The topological polar surface area (TPSA) is 123 Å². The quantitative estimate of drug-likeness (QED) is 0.284. The van der Waals surface area contributed by atoms with E-state index in [0.717, 1.165) is 30.5 Å². The number of hydrogen-bond acceptors (Lipinski definition) is 7. The van der Waals surface area contributed by atoms with Crippen LogP contribution in [-0.2, 0) is 4.79 Å². The molecule has 216 valence electrons. The van der Waals surface area contributed by atoms with E-state index in [9.17, 15) is 23.6 Å². The van der Waals surface area contributed by atoms with Gasteiger partial charge in [0, 0.05) is 36.2 Å². The molecule has 1 amide bonds. The van der Waals surface area contributed by atoms with E-state index in [0.29, 0.717) is 60.9 Å². The van der Waals surface area contributed by atoms with Gasteiger partial charge >= 0.3 is 0 Å². The van der Waals surface area contributed by atoms with Gasteiger partial charge in [-0.3, -0.25) is 13.9 Å². The van der Waals surface area contributed by atoms with Gasteiger partial charge in [-0.1, -0.05) is 36.6 Å². The molecular formula is C30H32ClFN4O4S. The number of halogens is 2. The largest absolute Gasteiger partial charge is 0.440 e. The average Bonchev–Trinajstić information content (AvgIpc) is 3.60. The maximum Gasteiger partial charge on any atom is 0.228 e. The van der Waals surface area contributed by atoms with Gasteiger partial charge in [-0.2, -0.15) is 15.9 Å². The van der Waals surface area contributed by atoms with Gasteiger partial charge < -0.3 is 14.6 Å². The molecule has 0 unspecified atom stereocenters. The zero-order valence-electron chi connectivity index (χ0n) is 22.5. The second kappa shape index (κ2) is 11.0. The Morgan fingerprint density at radius 2 is 1.85 bits per heavy atom. The molecule has 2 aromatic carbocycles. The van der Waals surface area contributed by atoms with Gasteiger partial charge in [0.25, 0.3) is 0 Å². The van der Waals surface area contributed by atoms with Crippen LogP contribution in [0.2, 0.25) is 5.02 Å². The fourth-order valence-electron chi connectivity index (χ4n) is 5.86. The van der Waals surface area contributed by atoms with E-state index < -0.39 is 21.9 Å². The van der Waals surface area contributed by atoms with Crippen molar-refractivity contribution in [2.24, 2.45) is 5.92 Å². The Labute approximate surface area is 244 Å². The number of aromatic nitrogens is 1. The van der Waals surface area contributed by atoms with Crippen molar-refractivity contribution in [1.82, 2.24) is 10.3 Å². The third-order valence-electron chi connectivity index (χ3n) is 8.46. The molecule has 2 saturated carbocycles. The Morgan fingerprint density at radius 3 is 2.51 bits per heavy atom. The van der Waals surface area contributed by atoms with E-state index in [1.165, 1.54) is 18.2 Å². The normalized spacial score (nSPS) is 23.8. The van der Waals surface area contributed by atoms with Crippen molar-refractivity contribution >= 4 is 33.8 Å². The second-order valence-corrected chi connectivity index (χ2v) is 14.1. The number of benzene rings is 2. The summed E-state index contributed by atoms with van der Waals surface area (Å²) in [4.78, 5) is 20.4. The molecular weight excluding hydrogens is 567 g/mol. The molecule has 41 heavy (non-hydrogen) atoms. The molecule has 1 aliphatic heterocycles. The number of rotatable bonds is 6. The smallest absolute Gasteiger partial charge is 0.228 e. The maximum atomic E-state index is 13.8. The summed E-state index contributed by atoms with van der Waals surface area (Å²) in [7, 11) is -2.49. The van der Waals surface area contributed by atoms with E-state index in [1.54, 1.807) is 0 Å². The van der Waals surface area contributed by atoms with Crippen LogP contribution in [0.1, 0.15) is 50.2 Å². The third kappa shape index (κ3) is 5.82. The Balaban J connectivity index is 1.36. The van der Waals surface area contributed by atoms with E-state index in [4.69, 9.17) is 21.0 Å². The average molecular weight is 599 g/mol. The first-order valence-corrected chi connectivity index (χ1v) is 16.2. The van der Waals surface area contributed by atoms with Crippen LogP contribution < -0.4 is 10.2 Å². The molecule has 2 heterocycles. The molecule has 2 atom stereocenters. The monoisotopic (exact) mass is 598 g/mol. The molecule has 3 fully saturated rings. The molecule has 11 heteroatoms. The van der Waals surface area contributed by atoms with Crippen molar-refractivity contribution in [3.63, 3.8) is 0 Å². The highest BCUT2D eigenvalue weighted by Crippen LogP contribution is 2.46. The van der Waals surface area contributed by atoms with Crippen LogP contribution in [0.4, 0.5) is 10.1 Å². The summed E-state index contributed by atoms with van der Waals surface area (Å²) >= 11 is 6.38. The van der Waals surface area contributed by atoms with Crippen molar-refractivity contribution in [1.29, 1.82) is 5.26 Å². The number of nitrogens with zero attached hydrogens (tertiary/aromatic N) is 3. The number of carbonyl (C=O) groups excluding carboxylic acids is 1. The van der Waals surface area contributed by atoms with E-state index >= 15 is 0 Å². The molecule has 6 rings (SSSR count). The van der Waals surface area contributed by atoms with Crippen LogP contribution in [0.15, 0.2) is 46.9 Å². The lowest BCUT2D eigenvalue weighted by Crippen LogP contribution is -2.42. The van der Waals surface area contributed by atoms with E-state index in [-0.39, 0.29) is 28.7 Å². The van der Waals surface area contributed by atoms with Gasteiger partial charge in [-0.15, -0.1) is 0 Å². The van der Waals surface area contributed by atoms with Gasteiger partial charge in [-0.05, 0) is 56.0 Å².